The number of benzene rings is 1. The van der Waals surface area contributed by atoms with Gasteiger partial charge in [-0.2, -0.15) is 0 Å². The van der Waals surface area contributed by atoms with Crippen LogP contribution >= 0.6 is 15.9 Å². The second kappa shape index (κ2) is 5.32. The van der Waals surface area contributed by atoms with Crippen molar-refractivity contribution in [3.8, 4) is 0 Å². The van der Waals surface area contributed by atoms with Crippen molar-refractivity contribution in [2.24, 2.45) is 0 Å². The standard InChI is InChI=1S/C10H13BrFNO/c1-7-5-9(12)8(11)6-10(7)13-3-2-4-14/h5-6,13-14H,2-4H2,1H3. The SMILES string of the molecule is Cc1cc(F)c(Br)cc1NCCCO. The van der Waals surface area contributed by atoms with Gasteiger partial charge in [0.2, 0.25) is 0 Å². The molecule has 0 aromatic heterocycles. The highest BCUT2D eigenvalue weighted by Gasteiger charge is 2.04. The van der Waals surface area contributed by atoms with Gasteiger partial charge in [0, 0.05) is 18.8 Å². The Balaban J connectivity index is 2.72. The maximum Gasteiger partial charge on any atom is 0.137 e. The van der Waals surface area contributed by atoms with Crippen molar-refractivity contribution in [2.45, 2.75) is 13.3 Å². The maximum atomic E-state index is 13.0. The molecule has 0 amide bonds. The molecule has 0 bridgehead atoms. The van der Waals surface area contributed by atoms with Crippen LogP contribution in [0.3, 0.4) is 0 Å². The van der Waals surface area contributed by atoms with Crippen molar-refractivity contribution >= 4 is 21.6 Å². The molecule has 0 radical (unpaired) electrons. The minimum atomic E-state index is -0.254. The van der Waals surface area contributed by atoms with Crippen LogP contribution in [0.1, 0.15) is 12.0 Å². The van der Waals surface area contributed by atoms with Crippen molar-refractivity contribution < 1.29 is 9.50 Å². The third kappa shape index (κ3) is 2.96. The highest BCUT2D eigenvalue weighted by Crippen LogP contribution is 2.23. The van der Waals surface area contributed by atoms with Crippen LogP contribution in [-0.4, -0.2) is 18.3 Å². The predicted octanol–water partition coefficient (Wildman–Crippen LogP) is 2.69. The normalized spacial score (nSPS) is 10.3. The van der Waals surface area contributed by atoms with Crippen LogP contribution in [0.25, 0.3) is 0 Å². The van der Waals surface area contributed by atoms with E-state index in [1.807, 2.05) is 6.92 Å². The van der Waals surface area contributed by atoms with Gasteiger partial charge in [-0.25, -0.2) is 4.39 Å². The lowest BCUT2D eigenvalue weighted by molar-refractivity contribution is 0.292. The van der Waals surface area contributed by atoms with Gasteiger partial charge >= 0.3 is 0 Å². The van der Waals surface area contributed by atoms with Crippen LogP contribution in [0.2, 0.25) is 0 Å². The summed E-state index contributed by atoms with van der Waals surface area (Å²) in [6.45, 7) is 2.70. The van der Waals surface area contributed by atoms with Crippen molar-refractivity contribution in [1.82, 2.24) is 0 Å². The summed E-state index contributed by atoms with van der Waals surface area (Å²) >= 11 is 3.12. The highest BCUT2D eigenvalue weighted by atomic mass is 79.9. The van der Waals surface area contributed by atoms with Gasteiger partial charge in [0.25, 0.3) is 0 Å². The van der Waals surface area contributed by atoms with Gasteiger partial charge < -0.3 is 10.4 Å². The average Bonchev–Trinajstić information content (AvgIpc) is 2.14. The van der Waals surface area contributed by atoms with E-state index in [-0.39, 0.29) is 12.4 Å². The summed E-state index contributed by atoms with van der Waals surface area (Å²) in [6.07, 6.45) is 0.689. The van der Waals surface area contributed by atoms with Gasteiger partial charge in [0.15, 0.2) is 0 Å². The van der Waals surface area contributed by atoms with Crippen LogP contribution < -0.4 is 5.32 Å². The van der Waals surface area contributed by atoms with E-state index in [2.05, 4.69) is 21.2 Å². The van der Waals surface area contributed by atoms with Gasteiger partial charge in [-0.05, 0) is 47.0 Å². The van der Waals surface area contributed by atoms with Crippen molar-refractivity contribution in [3.05, 3.63) is 28.0 Å². The van der Waals surface area contributed by atoms with Crippen molar-refractivity contribution in [3.63, 3.8) is 0 Å². The smallest absolute Gasteiger partial charge is 0.137 e. The summed E-state index contributed by atoms with van der Waals surface area (Å²) in [7, 11) is 0. The maximum absolute atomic E-state index is 13.0. The Labute approximate surface area is 91.3 Å². The van der Waals surface area contributed by atoms with E-state index in [4.69, 9.17) is 5.11 Å². The third-order valence-electron chi connectivity index (χ3n) is 1.92. The summed E-state index contributed by atoms with van der Waals surface area (Å²) in [5.41, 5.74) is 1.76. The number of aryl methyl sites for hydroxylation is 1. The number of anilines is 1. The summed E-state index contributed by atoms with van der Waals surface area (Å²) in [5, 5.41) is 11.7. The molecule has 1 aromatic rings. The number of aliphatic hydroxyl groups excluding tert-OH is 1. The zero-order valence-corrected chi connectivity index (χ0v) is 9.57. The van der Waals surface area contributed by atoms with E-state index in [1.165, 1.54) is 6.07 Å². The first-order chi connectivity index (χ1) is 6.65. The molecular formula is C10H13BrFNO. The molecule has 0 aliphatic heterocycles. The number of hydrogen-bond donors (Lipinski definition) is 2. The van der Waals surface area contributed by atoms with Crippen LogP contribution in [-0.2, 0) is 0 Å². The molecule has 0 saturated carbocycles. The zero-order chi connectivity index (χ0) is 10.6. The quantitative estimate of drug-likeness (QED) is 0.818. The van der Waals surface area contributed by atoms with Gasteiger partial charge in [-0.1, -0.05) is 0 Å². The van der Waals surface area contributed by atoms with E-state index in [0.29, 0.717) is 17.4 Å². The molecule has 1 rings (SSSR count). The average molecular weight is 262 g/mol. The molecule has 78 valence electrons. The fraction of sp³-hybridized carbons (Fsp3) is 0.400. The first-order valence-corrected chi connectivity index (χ1v) is 5.25. The van der Waals surface area contributed by atoms with Gasteiger partial charge in [-0.3, -0.25) is 0 Å². The van der Waals surface area contributed by atoms with Crippen LogP contribution in [0.5, 0.6) is 0 Å². The number of rotatable bonds is 4. The number of hydrogen-bond acceptors (Lipinski definition) is 2. The van der Waals surface area contributed by atoms with Crippen molar-refractivity contribution in [1.29, 1.82) is 0 Å². The van der Waals surface area contributed by atoms with Gasteiger partial charge in [0.1, 0.15) is 5.82 Å². The summed E-state index contributed by atoms with van der Waals surface area (Å²) in [4.78, 5) is 0. The summed E-state index contributed by atoms with van der Waals surface area (Å²) in [5.74, 6) is -0.254. The van der Waals surface area contributed by atoms with Crippen LogP contribution in [0.15, 0.2) is 16.6 Å². The second-order valence-electron chi connectivity index (χ2n) is 3.09. The summed E-state index contributed by atoms with van der Waals surface area (Å²) in [6, 6.07) is 3.19. The van der Waals surface area contributed by atoms with Crippen LogP contribution in [0, 0.1) is 12.7 Å². The molecule has 2 N–H and O–H groups in total. The summed E-state index contributed by atoms with van der Waals surface area (Å²) < 4.78 is 13.5. The first-order valence-electron chi connectivity index (χ1n) is 4.45. The lowest BCUT2D eigenvalue weighted by atomic mass is 10.2. The fourth-order valence-corrected chi connectivity index (χ4v) is 1.48. The van der Waals surface area contributed by atoms with E-state index < -0.39 is 0 Å². The molecule has 0 aliphatic rings. The molecule has 0 spiro atoms. The van der Waals surface area contributed by atoms with E-state index >= 15 is 0 Å². The first kappa shape index (κ1) is 11.5. The Morgan fingerprint density at radius 1 is 1.50 bits per heavy atom. The molecule has 2 nitrogen and oxygen atoms in total. The monoisotopic (exact) mass is 261 g/mol. The third-order valence-corrected chi connectivity index (χ3v) is 2.53. The fourth-order valence-electron chi connectivity index (χ4n) is 1.14. The lowest BCUT2D eigenvalue weighted by Gasteiger charge is -2.09. The Kier molecular flexibility index (Phi) is 4.35. The lowest BCUT2D eigenvalue weighted by Crippen LogP contribution is -2.05. The highest BCUT2D eigenvalue weighted by molar-refractivity contribution is 9.10. The molecule has 4 heteroatoms. The molecule has 0 aliphatic carbocycles. The molecule has 0 heterocycles. The molecule has 14 heavy (non-hydrogen) atoms. The Hall–Kier alpha value is -0.610. The topological polar surface area (TPSA) is 32.3 Å². The molecule has 1 aromatic carbocycles. The predicted molar refractivity (Wildman–Crippen MR) is 59.0 cm³/mol. The largest absolute Gasteiger partial charge is 0.396 e. The van der Waals surface area contributed by atoms with Gasteiger partial charge in [-0.15, -0.1) is 0 Å². The number of nitrogens with one attached hydrogen (secondary N) is 1. The molecule has 0 atom stereocenters. The molecule has 0 saturated heterocycles. The second-order valence-corrected chi connectivity index (χ2v) is 3.94. The Bertz CT molecular complexity index is 317. The van der Waals surface area contributed by atoms with E-state index in [0.717, 1.165) is 11.3 Å². The zero-order valence-electron chi connectivity index (χ0n) is 7.98. The number of halogens is 2. The molecular weight excluding hydrogens is 249 g/mol. The Morgan fingerprint density at radius 2 is 2.21 bits per heavy atom. The molecule has 0 fully saturated rings. The minimum Gasteiger partial charge on any atom is -0.396 e. The van der Waals surface area contributed by atoms with Crippen LogP contribution in [0.4, 0.5) is 10.1 Å². The van der Waals surface area contributed by atoms with E-state index in [1.54, 1.807) is 6.07 Å². The van der Waals surface area contributed by atoms with E-state index in [9.17, 15) is 4.39 Å². The minimum absolute atomic E-state index is 0.161. The van der Waals surface area contributed by atoms with Crippen molar-refractivity contribution in [2.75, 3.05) is 18.5 Å². The van der Waals surface area contributed by atoms with Gasteiger partial charge in [0.05, 0.1) is 4.47 Å². The molecule has 0 unspecified atom stereocenters. The number of aliphatic hydroxyl groups is 1. The Morgan fingerprint density at radius 3 is 2.86 bits per heavy atom.